The van der Waals surface area contributed by atoms with Crippen LogP contribution < -0.4 is 4.74 Å². The third kappa shape index (κ3) is 6.12. The molecule has 3 heteroatoms. The molecule has 0 unspecified atom stereocenters. The van der Waals surface area contributed by atoms with Gasteiger partial charge in [-0.1, -0.05) is 73.2 Å². The van der Waals surface area contributed by atoms with Gasteiger partial charge in [-0.25, -0.2) is 4.79 Å². The highest BCUT2D eigenvalue weighted by Crippen LogP contribution is 2.20. The Morgan fingerprint density at radius 1 is 0.917 bits per heavy atom. The van der Waals surface area contributed by atoms with E-state index in [0.717, 1.165) is 22.9 Å². The minimum absolute atomic E-state index is 0.279. The van der Waals surface area contributed by atoms with Gasteiger partial charge in [-0.3, -0.25) is 0 Å². The molecule has 2 rings (SSSR count). The van der Waals surface area contributed by atoms with Gasteiger partial charge in [0.1, 0.15) is 5.75 Å². The maximum absolute atomic E-state index is 12.5. The Kier molecular flexibility index (Phi) is 8.03. The largest absolute Gasteiger partial charge is 0.423 e. The van der Waals surface area contributed by atoms with Crippen molar-refractivity contribution in [2.75, 3.05) is 0 Å². The van der Waals surface area contributed by atoms with Gasteiger partial charge in [0.05, 0.1) is 5.56 Å². The van der Waals surface area contributed by atoms with Gasteiger partial charge in [-0.15, -0.1) is 0 Å². The van der Waals surface area contributed by atoms with Crippen LogP contribution in [0.5, 0.6) is 5.75 Å². The highest BCUT2D eigenvalue weighted by molar-refractivity contribution is 9.10. The summed E-state index contributed by atoms with van der Waals surface area (Å²) in [6.45, 7) is 2.23. The van der Waals surface area contributed by atoms with Crippen molar-refractivity contribution in [1.82, 2.24) is 0 Å². The summed E-state index contributed by atoms with van der Waals surface area (Å²) in [4.78, 5) is 12.5. The first-order valence-corrected chi connectivity index (χ1v) is 9.55. The van der Waals surface area contributed by atoms with Gasteiger partial charge in [0.2, 0.25) is 0 Å². The molecule has 0 saturated carbocycles. The second kappa shape index (κ2) is 10.3. The average molecular weight is 389 g/mol. The Hall–Kier alpha value is -1.61. The van der Waals surface area contributed by atoms with E-state index in [1.807, 2.05) is 36.4 Å². The predicted octanol–water partition coefficient (Wildman–Crippen LogP) is 6.57. The normalized spacial score (nSPS) is 10.6. The Bertz CT molecular complexity index is 635. The molecule has 2 aromatic carbocycles. The number of carbonyl (C=O) groups is 1. The fourth-order valence-corrected chi connectivity index (χ4v) is 2.96. The third-order valence-corrected chi connectivity index (χ3v) is 4.59. The van der Waals surface area contributed by atoms with E-state index in [9.17, 15) is 4.79 Å². The van der Waals surface area contributed by atoms with Gasteiger partial charge < -0.3 is 4.74 Å². The number of rotatable bonds is 9. The van der Waals surface area contributed by atoms with Gasteiger partial charge in [0.15, 0.2) is 0 Å². The number of carbonyl (C=O) groups excluding carboxylic acids is 1. The first-order valence-electron chi connectivity index (χ1n) is 8.76. The maximum atomic E-state index is 12.5. The summed E-state index contributed by atoms with van der Waals surface area (Å²) in [5, 5.41) is 0. The number of halogens is 1. The van der Waals surface area contributed by atoms with Crippen LogP contribution in [0.4, 0.5) is 0 Å². The minimum Gasteiger partial charge on any atom is -0.423 e. The summed E-state index contributed by atoms with van der Waals surface area (Å²) >= 11 is 3.38. The van der Waals surface area contributed by atoms with Crippen LogP contribution in [0.25, 0.3) is 0 Å². The summed E-state index contributed by atoms with van der Waals surface area (Å²) in [7, 11) is 0. The number of hydrogen-bond acceptors (Lipinski definition) is 2. The highest BCUT2D eigenvalue weighted by atomic mass is 79.9. The highest BCUT2D eigenvalue weighted by Gasteiger charge is 2.13. The van der Waals surface area contributed by atoms with Crippen molar-refractivity contribution in [2.45, 2.75) is 51.9 Å². The minimum atomic E-state index is -0.279. The van der Waals surface area contributed by atoms with Crippen LogP contribution >= 0.6 is 15.9 Å². The lowest BCUT2D eigenvalue weighted by Gasteiger charge is -2.09. The molecule has 0 N–H and O–H groups in total. The molecule has 2 aromatic rings. The number of ether oxygens (including phenoxy) is 1. The van der Waals surface area contributed by atoms with E-state index in [1.165, 1.54) is 32.1 Å². The lowest BCUT2D eigenvalue weighted by atomic mass is 10.0. The van der Waals surface area contributed by atoms with Gasteiger partial charge in [-0.05, 0) is 48.7 Å². The van der Waals surface area contributed by atoms with Crippen LogP contribution in [-0.4, -0.2) is 5.97 Å². The van der Waals surface area contributed by atoms with Crippen LogP contribution in [-0.2, 0) is 6.42 Å². The number of unbranched alkanes of at least 4 members (excludes halogenated alkanes) is 5. The van der Waals surface area contributed by atoms with Crippen molar-refractivity contribution < 1.29 is 9.53 Å². The molecule has 0 spiro atoms. The third-order valence-electron chi connectivity index (χ3n) is 4.06. The van der Waals surface area contributed by atoms with Crippen LogP contribution in [0, 0.1) is 0 Å². The fraction of sp³-hybridized carbons (Fsp3) is 0.381. The summed E-state index contributed by atoms with van der Waals surface area (Å²) in [5.74, 6) is 0.288. The van der Waals surface area contributed by atoms with Crippen molar-refractivity contribution >= 4 is 21.9 Å². The van der Waals surface area contributed by atoms with Gasteiger partial charge >= 0.3 is 5.97 Å². The Morgan fingerprint density at radius 2 is 1.58 bits per heavy atom. The number of aryl methyl sites for hydroxylation is 1. The first kappa shape index (κ1) is 18.7. The Balaban J connectivity index is 1.92. The topological polar surface area (TPSA) is 26.3 Å². The second-order valence-electron chi connectivity index (χ2n) is 6.02. The number of benzene rings is 2. The van der Waals surface area contributed by atoms with Crippen molar-refractivity contribution in [3.63, 3.8) is 0 Å². The smallest absolute Gasteiger partial charge is 0.343 e. The average Bonchev–Trinajstić information content (AvgIpc) is 2.60. The molecule has 24 heavy (non-hydrogen) atoms. The monoisotopic (exact) mass is 388 g/mol. The fourth-order valence-electron chi connectivity index (χ4n) is 2.70. The van der Waals surface area contributed by atoms with Crippen LogP contribution in [0.15, 0.2) is 53.0 Å². The second-order valence-corrected chi connectivity index (χ2v) is 6.93. The molecular weight excluding hydrogens is 364 g/mol. The van der Waals surface area contributed by atoms with Crippen LogP contribution in [0.3, 0.4) is 0 Å². The zero-order valence-corrected chi connectivity index (χ0v) is 15.8. The van der Waals surface area contributed by atoms with Crippen molar-refractivity contribution in [2.24, 2.45) is 0 Å². The molecule has 0 amide bonds. The Labute approximate surface area is 153 Å². The van der Waals surface area contributed by atoms with Gasteiger partial charge in [0.25, 0.3) is 0 Å². The van der Waals surface area contributed by atoms with Crippen molar-refractivity contribution in [3.8, 4) is 5.75 Å². The van der Waals surface area contributed by atoms with E-state index in [0.29, 0.717) is 11.3 Å². The van der Waals surface area contributed by atoms with E-state index in [2.05, 4.69) is 22.9 Å². The van der Waals surface area contributed by atoms with Crippen LogP contribution in [0.1, 0.15) is 61.4 Å². The van der Waals surface area contributed by atoms with Gasteiger partial charge in [-0.2, -0.15) is 0 Å². The molecule has 0 bridgehead atoms. The standard InChI is InChI=1S/C21H25BrO2/c1-2-3-4-5-6-7-10-17-11-8-9-12-20(17)21(23)24-19-15-13-18(22)14-16-19/h8-9,11-16H,2-7,10H2,1H3. The van der Waals surface area contributed by atoms with Crippen LogP contribution in [0.2, 0.25) is 0 Å². The van der Waals surface area contributed by atoms with Crippen molar-refractivity contribution in [1.29, 1.82) is 0 Å². The van der Waals surface area contributed by atoms with E-state index in [1.54, 1.807) is 12.1 Å². The predicted molar refractivity (Wildman–Crippen MR) is 103 cm³/mol. The molecule has 0 aliphatic heterocycles. The zero-order chi connectivity index (χ0) is 17.2. The maximum Gasteiger partial charge on any atom is 0.343 e. The summed E-state index contributed by atoms with van der Waals surface area (Å²) in [6, 6.07) is 15.1. The van der Waals surface area contributed by atoms with E-state index < -0.39 is 0 Å². The molecule has 2 nitrogen and oxygen atoms in total. The molecule has 0 heterocycles. The Morgan fingerprint density at radius 3 is 2.33 bits per heavy atom. The molecule has 0 aliphatic rings. The lowest BCUT2D eigenvalue weighted by Crippen LogP contribution is -2.11. The van der Waals surface area contributed by atoms with E-state index in [4.69, 9.17) is 4.74 Å². The quantitative estimate of drug-likeness (QED) is 0.275. The van der Waals surface area contributed by atoms with Gasteiger partial charge in [0, 0.05) is 4.47 Å². The zero-order valence-electron chi connectivity index (χ0n) is 14.3. The molecule has 0 radical (unpaired) electrons. The molecule has 0 fully saturated rings. The molecule has 0 aliphatic carbocycles. The summed E-state index contributed by atoms with van der Waals surface area (Å²) < 4.78 is 6.46. The molecule has 128 valence electrons. The first-order chi connectivity index (χ1) is 11.7. The van der Waals surface area contributed by atoms with Crippen molar-refractivity contribution in [3.05, 3.63) is 64.1 Å². The summed E-state index contributed by atoms with van der Waals surface area (Å²) in [6.07, 6.45) is 8.43. The lowest BCUT2D eigenvalue weighted by molar-refractivity contribution is 0.0733. The summed E-state index contributed by atoms with van der Waals surface area (Å²) in [5.41, 5.74) is 1.75. The number of hydrogen-bond donors (Lipinski definition) is 0. The molecular formula is C21H25BrO2. The van der Waals surface area contributed by atoms with E-state index >= 15 is 0 Å². The SMILES string of the molecule is CCCCCCCCc1ccccc1C(=O)Oc1ccc(Br)cc1. The number of esters is 1. The van der Waals surface area contributed by atoms with E-state index in [-0.39, 0.29) is 5.97 Å². The molecule has 0 atom stereocenters. The molecule has 0 saturated heterocycles. The molecule has 0 aromatic heterocycles.